The minimum atomic E-state index is -0.437. The summed E-state index contributed by atoms with van der Waals surface area (Å²) in [6.07, 6.45) is 9.00. The summed E-state index contributed by atoms with van der Waals surface area (Å²) in [4.78, 5) is 76.2. The van der Waals surface area contributed by atoms with E-state index >= 15 is 0 Å². The minimum absolute atomic E-state index is 0. The van der Waals surface area contributed by atoms with Crippen molar-refractivity contribution >= 4 is 94.7 Å². The molecule has 0 atom stereocenters. The fraction of sp³-hybridized carbons (Fsp3) is 0.351. The molecule has 0 bridgehead atoms. The lowest BCUT2D eigenvalue weighted by Gasteiger charge is -2.04. The number of carbonyl (C=O) groups excluding carboxylic acids is 6. The molecule has 4 rings (SSSR count). The first-order valence-corrected chi connectivity index (χ1v) is 18.1. The van der Waals surface area contributed by atoms with E-state index in [1.807, 2.05) is 0 Å². The van der Waals surface area contributed by atoms with Gasteiger partial charge in [0.25, 0.3) is 23.6 Å². The molecule has 22 heteroatoms. The Morgan fingerprint density at radius 2 is 0.763 bits per heavy atom. The van der Waals surface area contributed by atoms with Gasteiger partial charge in [-0.25, -0.2) is 0 Å². The number of nitrogens with one attached hydrogen (secondary N) is 8. The van der Waals surface area contributed by atoms with E-state index in [1.54, 1.807) is 83.4 Å². The Kier molecular flexibility index (Phi) is 18.5. The zero-order valence-electron chi connectivity index (χ0n) is 33.2. The number of halogens is 2. The largest absolute Gasteiger partial charge is 0.388 e. The van der Waals surface area contributed by atoms with Gasteiger partial charge in [-0.15, -0.1) is 24.8 Å². The molecule has 0 fully saturated rings. The fourth-order valence-electron chi connectivity index (χ4n) is 5.82. The van der Waals surface area contributed by atoms with Crippen LogP contribution in [-0.4, -0.2) is 78.5 Å². The van der Waals surface area contributed by atoms with Crippen LogP contribution < -0.4 is 43.4 Å². The highest BCUT2D eigenvalue weighted by Crippen LogP contribution is 2.20. The van der Waals surface area contributed by atoms with Gasteiger partial charge < -0.3 is 61.6 Å². The minimum Gasteiger partial charge on any atom is -0.388 e. The molecule has 59 heavy (non-hydrogen) atoms. The van der Waals surface area contributed by atoms with Gasteiger partial charge in [-0.05, 0) is 37.1 Å². The first-order valence-electron chi connectivity index (χ1n) is 18.1. The van der Waals surface area contributed by atoms with E-state index in [0.717, 1.165) is 0 Å². The fourth-order valence-corrected chi connectivity index (χ4v) is 5.82. The van der Waals surface area contributed by atoms with Gasteiger partial charge in [0.15, 0.2) is 0 Å². The molecule has 0 aromatic carbocycles. The Hall–Kier alpha value is -6.54. The summed E-state index contributed by atoms with van der Waals surface area (Å²) < 4.78 is 6.29. The van der Waals surface area contributed by atoms with Crippen molar-refractivity contribution in [2.45, 2.75) is 44.9 Å². The number of hydrogen-bond donors (Lipinski definition) is 10. The summed E-state index contributed by atoms with van der Waals surface area (Å²) in [7, 11) is 6.68. The Morgan fingerprint density at radius 3 is 1.07 bits per heavy atom. The third-order valence-corrected chi connectivity index (χ3v) is 8.70. The molecule has 4 aromatic rings. The van der Waals surface area contributed by atoms with Crippen LogP contribution in [0.15, 0.2) is 49.1 Å². The molecule has 4 heterocycles. The van der Waals surface area contributed by atoms with Crippen molar-refractivity contribution in [2.75, 3.05) is 34.4 Å². The first-order chi connectivity index (χ1) is 27.0. The number of nitrogens with two attached hydrogens (primary N) is 2. The average molecular weight is 860 g/mol. The van der Waals surface area contributed by atoms with Crippen molar-refractivity contribution in [3.8, 4) is 0 Å². The first kappa shape index (κ1) is 48.6. The maximum atomic E-state index is 13.0. The van der Waals surface area contributed by atoms with E-state index in [1.165, 1.54) is 12.1 Å². The van der Waals surface area contributed by atoms with Crippen LogP contribution in [0.3, 0.4) is 0 Å². The van der Waals surface area contributed by atoms with Gasteiger partial charge in [-0.3, -0.25) is 39.6 Å². The lowest BCUT2D eigenvalue weighted by atomic mass is 10.1. The Morgan fingerprint density at radius 1 is 0.475 bits per heavy atom. The van der Waals surface area contributed by atoms with Gasteiger partial charge in [0.05, 0.1) is 34.4 Å². The molecular weight excluding hydrogens is 807 g/mol. The molecule has 0 spiro atoms. The summed E-state index contributed by atoms with van der Waals surface area (Å²) in [6, 6.07) is 6.16. The number of amidine groups is 2. The second-order valence-corrected chi connectivity index (χ2v) is 13.5. The van der Waals surface area contributed by atoms with E-state index < -0.39 is 11.8 Å². The molecule has 4 aromatic heterocycles. The highest BCUT2D eigenvalue weighted by Gasteiger charge is 2.19. The van der Waals surface area contributed by atoms with Crippen molar-refractivity contribution in [3.05, 3.63) is 71.8 Å². The van der Waals surface area contributed by atoms with Gasteiger partial charge in [0, 0.05) is 91.8 Å². The Labute approximate surface area is 353 Å². The molecular formula is C37H52Cl2N14O6. The molecule has 0 saturated carbocycles. The van der Waals surface area contributed by atoms with Crippen LogP contribution in [0.1, 0.15) is 86.9 Å². The number of rotatable bonds is 20. The SMILES string of the molecule is Cl.Cl.Cn1cc(NC(=O)c2cc(NC(=O)CCCCCC(=O)Nc3cc(C(=O)Nc4cc(C(=O)NCCC(=N)N)n(C)c4)n(C)c3)cn2C)cc1C(=O)NCCC(=N)N. The van der Waals surface area contributed by atoms with Crippen molar-refractivity contribution in [3.63, 3.8) is 0 Å². The predicted octanol–water partition coefficient (Wildman–Crippen LogP) is 3.03. The predicted molar refractivity (Wildman–Crippen MR) is 230 cm³/mol. The number of anilines is 4. The van der Waals surface area contributed by atoms with Gasteiger partial charge in [-0.2, -0.15) is 0 Å². The third-order valence-electron chi connectivity index (χ3n) is 8.70. The molecule has 0 aliphatic carbocycles. The van der Waals surface area contributed by atoms with Crippen LogP contribution >= 0.6 is 24.8 Å². The number of carbonyl (C=O) groups is 6. The average Bonchev–Trinajstić information content (AvgIpc) is 3.88. The van der Waals surface area contributed by atoms with Crippen molar-refractivity contribution in [1.82, 2.24) is 28.9 Å². The molecule has 0 unspecified atom stereocenters. The summed E-state index contributed by atoms with van der Waals surface area (Å²) in [6.45, 7) is 0.430. The van der Waals surface area contributed by atoms with Gasteiger partial charge in [0.2, 0.25) is 11.8 Å². The molecule has 20 nitrogen and oxygen atoms in total. The van der Waals surface area contributed by atoms with Crippen LogP contribution in [0.25, 0.3) is 0 Å². The zero-order chi connectivity index (χ0) is 41.8. The summed E-state index contributed by atoms with van der Waals surface area (Å²) >= 11 is 0. The van der Waals surface area contributed by atoms with Crippen molar-refractivity contribution < 1.29 is 28.8 Å². The standard InChI is InChI=1S/C37H50N14O6.2ClH/c1-48-20-24(16-26(48)34(54)42-12-10-30(38)39)46-36(56)28-14-22(18-50(28)3)44-32(52)8-6-5-7-9-33(53)45-23-15-29(51(4)19-23)37(57)47-25-17-27(49(2)21-25)35(55)43-13-11-31(40)41;;/h14-21H,5-13H2,1-4H3,(H3,38,39)(H3,40,41)(H,42,54)(H,43,55)(H,44,52)(H,45,53)(H,46,56)(H,47,57);2*1H. The van der Waals surface area contributed by atoms with Crippen molar-refractivity contribution in [1.29, 1.82) is 10.8 Å². The van der Waals surface area contributed by atoms with Gasteiger partial charge in [-0.1, -0.05) is 6.42 Å². The highest BCUT2D eigenvalue weighted by atomic mass is 35.5. The second kappa shape index (κ2) is 22.4. The number of amides is 6. The van der Waals surface area contributed by atoms with Crippen LogP contribution in [-0.2, 0) is 37.8 Å². The Bertz CT molecular complexity index is 2030. The molecule has 12 N–H and O–H groups in total. The quantitative estimate of drug-likeness (QED) is 0.0357. The summed E-state index contributed by atoms with van der Waals surface area (Å²) in [5.41, 5.74) is 13.6. The zero-order valence-corrected chi connectivity index (χ0v) is 34.8. The smallest absolute Gasteiger partial charge is 0.272 e. The van der Waals surface area contributed by atoms with Crippen LogP contribution in [0.2, 0.25) is 0 Å². The second-order valence-electron chi connectivity index (χ2n) is 13.5. The van der Waals surface area contributed by atoms with E-state index in [9.17, 15) is 28.8 Å². The van der Waals surface area contributed by atoms with Gasteiger partial charge in [0.1, 0.15) is 22.8 Å². The number of hydrogen-bond acceptors (Lipinski definition) is 8. The highest BCUT2D eigenvalue weighted by molar-refractivity contribution is 6.06. The maximum Gasteiger partial charge on any atom is 0.272 e. The van der Waals surface area contributed by atoms with Crippen LogP contribution in [0.4, 0.5) is 22.7 Å². The molecule has 0 aliphatic rings. The van der Waals surface area contributed by atoms with Crippen LogP contribution in [0.5, 0.6) is 0 Å². The number of aryl methyl sites for hydroxylation is 4. The number of nitrogens with zero attached hydrogens (tertiary/aromatic N) is 4. The number of unbranched alkanes of at least 4 members (excludes halogenated alkanes) is 2. The van der Waals surface area contributed by atoms with E-state index in [2.05, 4.69) is 31.9 Å². The monoisotopic (exact) mass is 858 g/mol. The molecule has 0 aliphatic heterocycles. The van der Waals surface area contributed by atoms with E-state index in [4.69, 9.17) is 22.3 Å². The lowest BCUT2D eigenvalue weighted by Crippen LogP contribution is -2.28. The summed E-state index contributed by atoms with van der Waals surface area (Å²) in [5, 5.41) is 31.0. The van der Waals surface area contributed by atoms with Crippen molar-refractivity contribution in [2.24, 2.45) is 39.7 Å². The topological polar surface area (TPSA) is 294 Å². The Balaban J connectivity index is 0.00000600. The molecule has 320 valence electrons. The normalized spacial score (nSPS) is 10.4. The molecule has 0 saturated heterocycles. The molecule has 0 radical (unpaired) electrons. The molecule has 6 amide bonds. The van der Waals surface area contributed by atoms with Gasteiger partial charge >= 0.3 is 0 Å². The van der Waals surface area contributed by atoms with E-state index in [-0.39, 0.29) is 110 Å². The lowest BCUT2D eigenvalue weighted by molar-refractivity contribution is -0.116. The number of aromatic nitrogens is 4. The van der Waals surface area contributed by atoms with E-state index in [0.29, 0.717) is 53.4 Å². The maximum absolute atomic E-state index is 13.0. The summed E-state index contributed by atoms with van der Waals surface area (Å²) in [5.74, 6) is -2.16. The van der Waals surface area contributed by atoms with Crippen LogP contribution in [0, 0.1) is 10.8 Å². The third kappa shape index (κ3) is 14.4.